The molecular formula is C17H20NO4P. The van der Waals surface area contributed by atoms with E-state index in [2.05, 4.69) is 4.98 Å². The molecule has 2 atom stereocenters. The van der Waals surface area contributed by atoms with Gasteiger partial charge in [0.1, 0.15) is 0 Å². The molecule has 0 amide bonds. The van der Waals surface area contributed by atoms with E-state index < -0.39 is 19.3 Å². The van der Waals surface area contributed by atoms with Gasteiger partial charge < -0.3 is 10.00 Å². The number of carbonyl (C=O) groups is 1. The molecule has 2 aromatic rings. The number of aromatic nitrogens is 1. The third kappa shape index (κ3) is 5.97. The zero-order valence-corrected chi connectivity index (χ0v) is 13.6. The maximum Gasteiger partial charge on any atom is 0.307 e. The van der Waals surface area contributed by atoms with Crippen molar-refractivity contribution in [1.82, 2.24) is 4.98 Å². The standard InChI is InChI=1S/C17H20NO4P/c19-17(20)16(9-8-14-7-4-10-18-11-14)13-23(21,22)12-15-5-2-1-3-6-15/h1-7,10-11,16H,8-9,12-13H2,(H,19,20)(H,21,22). The Kier molecular flexibility index (Phi) is 6.08. The van der Waals surface area contributed by atoms with Crippen LogP contribution >= 0.6 is 7.37 Å². The topological polar surface area (TPSA) is 87.5 Å². The van der Waals surface area contributed by atoms with Crippen molar-refractivity contribution in [2.24, 2.45) is 5.92 Å². The molecule has 1 heterocycles. The van der Waals surface area contributed by atoms with Gasteiger partial charge in [0.05, 0.1) is 5.92 Å². The van der Waals surface area contributed by atoms with Gasteiger partial charge in [-0.05, 0) is 30.0 Å². The summed E-state index contributed by atoms with van der Waals surface area (Å²) in [5, 5.41) is 9.33. The van der Waals surface area contributed by atoms with Crippen molar-refractivity contribution in [2.45, 2.75) is 19.0 Å². The normalized spacial score (nSPS) is 14.8. The number of rotatable bonds is 8. The van der Waals surface area contributed by atoms with E-state index in [-0.39, 0.29) is 12.3 Å². The predicted molar refractivity (Wildman–Crippen MR) is 88.5 cm³/mol. The van der Waals surface area contributed by atoms with Gasteiger partial charge in [0, 0.05) is 24.7 Å². The fourth-order valence-corrected chi connectivity index (χ4v) is 4.40. The summed E-state index contributed by atoms with van der Waals surface area (Å²) in [4.78, 5) is 25.6. The number of carboxylic acid groups (broad SMARTS) is 1. The SMILES string of the molecule is O=C(O)C(CCc1cccnc1)CP(=O)(O)Cc1ccccc1. The second-order valence-corrected chi connectivity index (χ2v) is 7.98. The van der Waals surface area contributed by atoms with E-state index >= 15 is 0 Å². The number of hydrogen-bond acceptors (Lipinski definition) is 3. The molecule has 2 rings (SSSR count). The summed E-state index contributed by atoms with van der Waals surface area (Å²) < 4.78 is 12.4. The Morgan fingerprint density at radius 2 is 1.83 bits per heavy atom. The molecule has 2 N–H and O–H groups in total. The molecule has 122 valence electrons. The summed E-state index contributed by atoms with van der Waals surface area (Å²) in [5.74, 6) is -1.87. The van der Waals surface area contributed by atoms with Crippen LogP contribution in [0.4, 0.5) is 0 Å². The van der Waals surface area contributed by atoms with Gasteiger partial charge in [-0.3, -0.25) is 14.3 Å². The maximum absolute atomic E-state index is 12.4. The fraction of sp³-hybridized carbons (Fsp3) is 0.294. The molecule has 0 saturated heterocycles. The van der Waals surface area contributed by atoms with Crippen molar-refractivity contribution in [3.63, 3.8) is 0 Å². The monoisotopic (exact) mass is 333 g/mol. The molecule has 23 heavy (non-hydrogen) atoms. The van der Waals surface area contributed by atoms with Crippen LogP contribution in [0.3, 0.4) is 0 Å². The van der Waals surface area contributed by atoms with Crippen molar-refractivity contribution in [2.75, 3.05) is 6.16 Å². The Morgan fingerprint density at radius 1 is 1.13 bits per heavy atom. The molecule has 0 spiro atoms. The van der Waals surface area contributed by atoms with E-state index in [0.29, 0.717) is 12.8 Å². The van der Waals surface area contributed by atoms with Gasteiger partial charge in [-0.25, -0.2) is 0 Å². The van der Waals surface area contributed by atoms with E-state index in [1.54, 1.807) is 42.7 Å². The quantitative estimate of drug-likeness (QED) is 0.725. The number of hydrogen-bond donors (Lipinski definition) is 2. The zero-order valence-electron chi connectivity index (χ0n) is 12.7. The molecule has 2 unspecified atom stereocenters. The van der Waals surface area contributed by atoms with Gasteiger partial charge in [-0.2, -0.15) is 0 Å². The minimum absolute atomic E-state index is 0.00448. The molecule has 0 aliphatic carbocycles. The minimum Gasteiger partial charge on any atom is -0.481 e. The second kappa shape index (κ2) is 8.04. The van der Waals surface area contributed by atoms with E-state index in [1.807, 2.05) is 12.1 Å². The van der Waals surface area contributed by atoms with Gasteiger partial charge in [0.15, 0.2) is 0 Å². The average molecular weight is 333 g/mol. The summed E-state index contributed by atoms with van der Waals surface area (Å²) >= 11 is 0. The van der Waals surface area contributed by atoms with E-state index in [0.717, 1.165) is 11.1 Å². The molecule has 0 aliphatic heterocycles. The van der Waals surface area contributed by atoms with Gasteiger partial charge in [-0.1, -0.05) is 36.4 Å². The van der Waals surface area contributed by atoms with Gasteiger partial charge in [-0.15, -0.1) is 0 Å². The van der Waals surface area contributed by atoms with E-state index in [9.17, 15) is 19.4 Å². The van der Waals surface area contributed by atoms with Crippen LogP contribution in [-0.2, 0) is 21.9 Å². The first-order valence-electron chi connectivity index (χ1n) is 7.43. The third-order valence-electron chi connectivity index (χ3n) is 3.63. The van der Waals surface area contributed by atoms with Crippen LogP contribution in [0.25, 0.3) is 0 Å². The van der Waals surface area contributed by atoms with Gasteiger partial charge >= 0.3 is 5.97 Å². The number of benzene rings is 1. The van der Waals surface area contributed by atoms with Crippen molar-refractivity contribution in [1.29, 1.82) is 0 Å². The molecule has 0 fully saturated rings. The molecule has 6 heteroatoms. The lowest BCUT2D eigenvalue weighted by Crippen LogP contribution is -2.19. The van der Waals surface area contributed by atoms with Crippen LogP contribution in [0.5, 0.6) is 0 Å². The van der Waals surface area contributed by atoms with Gasteiger partial charge in [0.25, 0.3) is 0 Å². The highest BCUT2D eigenvalue weighted by Gasteiger charge is 2.28. The fourth-order valence-electron chi connectivity index (χ4n) is 2.46. The Bertz CT molecular complexity index is 676. The van der Waals surface area contributed by atoms with Crippen LogP contribution < -0.4 is 0 Å². The molecule has 1 aromatic carbocycles. The first-order chi connectivity index (χ1) is 11.0. The summed E-state index contributed by atoms with van der Waals surface area (Å²) in [5.41, 5.74) is 1.67. The Hall–Kier alpha value is -1.97. The van der Waals surface area contributed by atoms with Crippen molar-refractivity contribution in [3.05, 3.63) is 66.0 Å². The largest absolute Gasteiger partial charge is 0.481 e. The number of carboxylic acids is 1. The van der Waals surface area contributed by atoms with Crippen molar-refractivity contribution in [3.8, 4) is 0 Å². The van der Waals surface area contributed by atoms with E-state index in [1.165, 1.54) is 0 Å². The van der Waals surface area contributed by atoms with Crippen molar-refractivity contribution < 1.29 is 19.4 Å². The Balaban J connectivity index is 1.98. The number of nitrogens with zero attached hydrogens (tertiary/aromatic N) is 1. The highest BCUT2D eigenvalue weighted by atomic mass is 31.2. The molecule has 0 bridgehead atoms. The molecule has 0 radical (unpaired) electrons. The smallest absolute Gasteiger partial charge is 0.307 e. The lowest BCUT2D eigenvalue weighted by atomic mass is 10.0. The summed E-state index contributed by atoms with van der Waals surface area (Å²) in [6.07, 6.45) is 3.97. The second-order valence-electron chi connectivity index (χ2n) is 5.61. The number of aliphatic carboxylic acids is 1. The summed E-state index contributed by atoms with van der Waals surface area (Å²) in [6.45, 7) is 0. The summed E-state index contributed by atoms with van der Waals surface area (Å²) in [6, 6.07) is 12.6. The lowest BCUT2D eigenvalue weighted by Gasteiger charge is -2.17. The molecule has 5 nitrogen and oxygen atoms in total. The van der Waals surface area contributed by atoms with E-state index in [4.69, 9.17) is 0 Å². The Labute approximate surface area is 135 Å². The minimum atomic E-state index is -3.54. The first kappa shape index (κ1) is 17.4. The zero-order chi connectivity index (χ0) is 16.7. The van der Waals surface area contributed by atoms with Crippen LogP contribution in [0.15, 0.2) is 54.9 Å². The Morgan fingerprint density at radius 3 is 2.43 bits per heavy atom. The predicted octanol–water partition coefficient (Wildman–Crippen LogP) is 3.19. The van der Waals surface area contributed by atoms with Crippen LogP contribution in [-0.4, -0.2) is 27.1 Å². The molecule has 1 aromatic heterocycles. The maximum atomic E-state index is 12.4. The van der Waals surface area contributed by atoms with Crippen LogP contribution in [0.1, 0.15) is 17.5 Å². The lowest BCUT2D eigenvalue weighted by molar-refractivity contribution is -0.141. The molecule has 0 aliphatic rings. The van der Waals surface area contributed by atoms with Crippen molar-refractivity contribution >= 4 is 13.3 Å². The highest BCUT2D eigenvalue weighted by Crippen LogP contribution is 2.46. The molecule has 0 saturated carbocycles. The number of aryl methyl sites for hydroxylation is 1. The number of pyridine rings is 1. The van der Waals surface area contributed by atoms with Crippen LogP contribution in [0, 0.1) is 5.92 Å². The summed E-state index contributed by atoms with van der Waals surface area (Å²) in [7, 11) is -3.54. The van der Waals surface area contributed by atoms with Crippen LogP contribution in [0.2, 0.25) is 0 Å². The van der Waals surface area contributed by atoms with Gasteiger partial charge in [0.2, 0.25) is 7.37 Å². The first-order valence-corrected chi connectivity index (χ1v) is 9.46. The average Bonchev–Trinajstić information content (AvgIpc) is 2.52. The highest BCUT2D eigenvalue weighted by molar-refractivity contribution is 7.57. The molecular weight excluding hydrogens is 313 g/mol. The third-order valence-corrected chi connectivity index (χ3v) is 5.50.